The number of nitrogens with one attached hydrogen (secondary N) is 1. The number of nitrogens with zero attached hydrogens (tertiary/aromatic N) is 3. The first kappa shape index (κ1) is 15.2. The summed E-state index contributed by atoms with van der Waals surface area (Å²) in [5.74, 6) is -0.470. The van der Waals surface area contributed by atoms with Crippen LogP contribution in [0.4, 0.5) is 0 Å². The highest BCUT2D eigenvalue weighted by Crippen LogP contribution is 2.24. The van der Waals surface area contributed by atoms with Crippen molar-refractivity contribution >= 4 is 28.7 Å². The largest absolute Gasteiger partial charge is 0.294 e. The normalized spacial score (nSPS) is 14.5. The number of carbonyl (C=O) groups is 1. The Bertz CT molecular complexity index is 908. The number of rotatable bonds is 3. The molecule has 6 nitrogen and oxygen atoms in total. The highest BCUT2D eigenvalue weighted by Gasteiger charge is 2.19. The number of amides is 1. The lowest BCUT2D eigenvalue weighted by Gasteiger charge is -2.29. The fraction of sp³-hybridized carbons (Fsp3) is 0.235. The van der Waals surface area contributed by atoms with Crippen molar-refractivity contribution in [2.24, 2.45) is 0 Å². The summed E-state index contributed by atoms with van der Waals surface area (Å²) in [7, 11) is 0. The molecule has 3 aromatic rings. The molecule has 24 heavy (non-hydrogen) atoms. The summed E-state index contributed by atoms with van der Waals surface area (Å²) in [5.41, 5.74) is 7.70. The Morgan fingerprint density at radius 2 is 2.17 bits per heavy atom. The standard InChI is InChI=1S/C17H16N4O2S/c22-17(18-23)12-4-5-13-9-21(7-6-11(13)8-12)10-14-2-1-3-15-16(14)20-24-19-15/h1-5,8,23H,6-7,9-10H2,(H,18,22). The first-order valence-corrected chi connectivity index (χ1v) is 8.46. The van der Waals surface area contributed by atoms with Gasteiger partial charge in [-0.1, -0.05) is 18.2 Å². The average Bonchev–Trinajstić information content (AvgIpc) is 3.10. The summed E-state index contributed by atoms with van der Waals surface area (Å²) in [4.78, 5) is 13.9. The maximum absolute atomic E-state index is 11.5. The van der Waals surface area contributed by atoms with Crippen LogP contribution in [0.1, 0.15) is 27.0 Å². The lowest BCUT2D eigenvalue weighted by molar-refractivity contribution is 0.0706. The molecule has 2 aromatic carbocycles. The molecule has 1 aromatic heterocycles. The quantitative estimate of drug-likeness (QED) is 0.565. The van der Waals surface area contributed by atoms with Crippen molar-refractivity contribution in [1.82, 2.24) is 19.1 Å². The fourth-order valence-corrected chi connectivity index (χ4v) is 3.75. The second-order valence-corrected chi connectivity index (χ2v) is 6.46. The van der Waals surface area contributed by atoms with E-state index in [1.165, 1.54) is 28.4 Å². The summed E-state index contributed by atoms with van der Waals surface area (Å²) in [6.45, 7) is 2.59. The van der Waals surface area contributed by atoms with Gasteiger partial charge in [-0.05, 0) is 41.3 Å². The van der Waals surface area contributed by atoms with Gasteiger partial charge in [0.25, 0.3) is 5.91 Å². The van der Waals surface area contributed by atoms with Crippen molar-refractivity contribution < 1.29 is 10.0 Å². The van der Waals surface area contributed by atoms with E-state index in [-0.39, 0.29) is 0 Å². The van der Waals surface area contributed by atoms with E-state index in [1.807, 2.05) is 24.3 Å². The third-order valence-electron chi connectivity index (χ3n) is 4.42. The number of carbonyl (C=O) groups excluding carboxylic acids is 1. The maximum Gasteiger partial charge on any atom is 0.274 e. The molecule has 2 N–H and O–H groups in total. The minimum Gasteiger partial charge on any atom is -0.294 e. The SMILES string of the molecule is O=C(NO)c1ccc2c(c1)CCN(Cc1cccc3nsnc13)C2. The van der Waals surface area contributed by atoms with Crippen molar-refractivity contribution in [2.45, 2.75) is 19.5 Å². The molecule has 0 aliphatic carbocycles. The molecule has 2 heterocycles. The first-order chi connectivity index (χ1) is 11.7. The van der Waals surface area contributed by atoms with Gasteiger partial charge in [-0.3, -0.25) is 14.9 Å². The van der Waals surface area contributed by atoms with Crippen LogP contribution >= 0.6 is 11.7 Å². The number of aromatic nitrogens is 2. The van der Waals surface area contributed by atoms with Gasteiger partial charge in [-0.2, -0.15) is 8.75 Å². The summed E-state index contributed by atoms with van der Waals surface area (Å²) < 4.78 is 8.70. The molecule has 0 radical (unpaired) electrons. The van der Waals surface area contributed by atoms with E-state index in [9.17, 15) is 4.79 Å². The van der Waals surface area contributed by atoms with Gasteiger partial charge in [-0.25, -0.2) is 5.48 Å². The zero-order valence-electron chi connectivity index (χ0n) is 12.9. The van der Waals surface area contributed by atoms with Gasteiger partial charge in [-0.15, -0.1) is 0 Å². The van der Waals surface area contributed by atoms with E-state index in [0.717, 1.165) is 37.1 Å². The molecule has 122 valence electrons. The smallest absolute Gasteiger partial charge is 0.274 e. The average molecular weight is 340 g/mol. The number of hydroxylamine groups is 1. The summed E-state index contributed by atoms with van der Waals surface area (Å²) >= 11 is 1.25. The van der Waals surface area contributed by atoms with E-state index < -0.39 is 5.91 Å². The minimum absolute atomic E-state index is 0.470. The summed E-state index contributed by atoms with van der Waals surface area (Å²) in [6.07, 6.45) is 0.882. The Labute approximate surface area is 143 Å². The molecule has 0 spiro atoms. The summed E-state index contributed by atoms with van der Waals surface area (Å²) in [6, 6.07) is 11.7. The molecule has 7 heteroatoms. The number of fused-ring (bicyclic) bond motifs is 2. The monoisotopic (exact) mass is 340 g/mol. The second-order valence-electron chi connectivity index (χ2n) is 5.93. The van der Waals surface area contributed by atoms with Gasteiger partial charge in [0.15, 0.2) is 0 Å². The van der Waals surface area contributed by atoms with Crippen molar-refractivity contribution in [2.75, 3.05) is 6.54 Å². The predicted molar refractivity (Wildman–Crippen MR) is 90.9 cm³/mol. The van der Waals surface area contributed by atoms with Gasteiger partial charge >= 0.3 is 0 Å². The Kier molecular flexibility index (Phi) is 3.97. The number of hydrogen-bond donors (Lipinski definition) is 2. The fourth-order valence-electron chi connectivity index (χ4n) is 3.18. The van der Waals surface area contributed by atoms with Crippen LogP contribution in [0.25, 0.3) is 11.0 Å². The molecule has 0 saturated carbocycles. The van der Waals surface area contributed by atoms with Crippen molar-refractivity contribution in [3.63, 3.8) is 0 Å². The third kappa shape index (κ3) is 2.77. The van der Waals surface area contributed by atoms with E-state index in [2.05, 4.69) is 19.7 Å². The van der Waals surface area contributed by atoms with Gasteiger partial charge in [0.1, 0.15) is 11.0 Å². The van der Waals surface area contributed by atoms with Crippen LogP contribution in [0.3, 0.4) is 0 Å². The second kappa shape index (κ2) is 6.27. The number of benzene rings is 2. The van der Waals surface area contributed by atoms with E-state index in [4.69, 9.17) is 5.21 Å². The molecule has 1 aliphatic rings. The Balaban J connectivity index is 1.54. The molecule has 1 aliphatic heterocycles. The Morgan fingerprint density at radius 1 is 1.25 bits per heavy atom. The zero-order valence-corrected chi connectivity index (χ0v) is 13.7. The van der Waals surface area contributed by atoms with Gasteiger partial charge in [0.05, 0.1) is 11.7 Å². The maximum atomic E-state index is 11.5. The van der Waals surface area contributed by atoms with Crippen LogP contribution < -0.4 is 5.48 Å². The molecule has 1 amide bonds. The minimum atomic E-state index is -0.470. The highest BCUT2D eigenvalue weighted by atomic mass is 32.1. The molecule has 0 fully saturated rings. The van der Waals surface area contributed by atoms with E-state index in [1.54, 1.807) is 11.5 Å². The van der Waals surface area contributed by atoms with Crippen molar-refractivity contribution in [1.29, 1.82) is 0 Å². The van der Waals surface area contributed by atoms with Gasteiger partial charge < -0.3 is 0 Å². The molecule has 0 unspecified atom stereocenters. The Hall–Kier alpha value is -2.35. The molecule has 0 atom stereocenters. The molecule has 0 bridgehead atoms. The van der Waals surface area contributed by atoms with Crippen LogP contribution in [0.5, 0.6) is 0 Å². The highest BCUT2D eigenvalue weighted by molar-refractivity contribution is 7.00. The van der Waals surface area contributed by atoms with E-state index in [0.29, 0.717) is 5.56 Å². The van der Waals surface area contributed by atoms with E-state index >= 15 is 0 Å². The van der Waals surface area contributed by atoms with Crippen LogP contribution in [0, 0.1) is 0 Å². The lowest BCUT2D eigenvalue weighted by Crippen LogP contribution is -2.30. The molecular formula is C17H16N4O2S. The number of hydrogen-bond acceptors (Lipinski definition) is 6. The van der Waals surface area contributed by atoms with Crippen LogP contribution in [0.15, 0.2) is 36.4 Å². The topological polar surface area (TPSA) is 78.4 Å². The molecular weight excluding hydrogens is 324 g/mol. The van der Waals surface area contributed by atoms with Gasteiger partial charge in [0.2, 0.25) is 0 Å². The first-order valence-electron chi connectivity index (χ1n) is 7.73. The molecule has 0 saturated heterocycles. The third-order valence-corrected chi connectivity index (χ3v) is 4.97. The summed E-state index contributed by atoms with van der Waals surface area (Å²) in [5, 5.41) is 8.75. The van der Waals surface area contributed by atoms with Crippen molar-refractivity contribution in [3.05, 3.63) is 58.7 Å². The zero-order chi connectivity index (χ0) is 16.5. The van der Waals surface area contributed by atoms with Crippen LogP contribution in [-0.2, 0) is 19.5 Å². The van der Waals surface area contributed by atoms with Crippen LogP contribution in [-0.4, -0.2) is 31.3 Å². The van der Waals surface area contributed by atoms with Crippen molar-refractivity contribution in [3.8, 4) is 0 Å². The molecule has 4 rings (SSSR count). The Morgan fingerprint density at radius 3 is 3.04 bits per heavy atom. The predicted octanol–water partition coefficient (Wildman–Crippen LogP) is 2.37. The van der Waals surface area contributed by atoms with Crippen LogP contribution in [0.2, 0.25) is 0 Å². The lowest BCUT2D eigenvalue weighted by atomic mass is 9.96. The van der Waals surface area contributed by atoms with Gasteiger partial charge in [0, 0.05) is 25.2 Å².